The van der Waals surface area contributed by atoms with Gasteiger partial charge in [0.1, 0.15) is 0 Å². The van der Waals surface area contributed by atoms with Crippen LogP contribution in [0.25, 0.3) is 0 Å². The lowest BCUT2D eigenvalue weighted by Crippen LogP contribution is -2.60. The molecule has 2 atom stereocenters. The Labute approximate surface area is 105 Å². The Morgan fingerprint density at radius 2 is 2.06 bits per heavy atom. The smallest absolute Gasteiger partial charge is 0.0586 e. The van der Waals surface area contributed by atoms with Crippen molar-refractivity contribution in [1.29, 1.82) is 0 Å². The van der Waals surface area contributed by atoms with Crippen molar-refractivity contribution in [2.75, 3.05) is 26.7 Å². The highest BCUT2D eigenvalue weighted by Gasteiger charge is 2.40. The Morgan fingerprint density at radius 3 is 2.76 bits per heavy atom. The van der Waals surface area contributed by atoms with Gasteiger partial charge in [-0.05, 0) is 32.1 Å². The van der Waals surface area contributed by atoms with E-state index in [0.717, 1.165) is 6.04 Å². The second-order valence-corrected chi connectivity index (χ2v) is 6.21. The van der Waals surface area contributed by atoms with Crippen LogP contribution in [0.15, 0.2) is 0 Å². The van der Waals surface area contributed by atoms with Gasteiger partial charge in [-0.25, -0.2) is 0 Å². The average Bonchev–Trinajstić information content (AvgIpc) is 2.99. The molecule has 2 aliphatic carbocycles. The van der Waals surface area contributed by atoms with Gasteiger partial charge in [-0.15, -0.1) is 0 Å². The largest absolute Gasteiger partial charge is 0.381 e. The minimum atomic E-state index is 0.476. The van der Waals surface area contributed by atoms with Gasteiger partial charge in [0, 0.05) is 38.3 Å². The van der Waals surface area contributed by atoms with E-state index in [0.29, 0.717) is 11.6 Å². The van der Waals surface area contributed by atoms with Crippen LogP contribution in [0.2, 0.25) is 0 Å². The molecule has 0 aromatic carbocycles. The van der Waals surface area contributed by atoms with E-state index in [1.165, 1.54) is 64.6 Å². The van der Waals surface area contributed by atoms with Crippen LogP contribution in [0.3, 0.4) is 0 Å². The molecule has 3 aliphatic rings. The molecule has 2 saturated carbocycles. The maximum atomic E-state index is 5.51. The molecule has 1 saturated heterocycles. The third-order valence-electron chi connectivity index (χ3n) is 5.17. The number of nitrogens with zero attached hydrogens (tertiary/aromatic N) is 1. The molecular formula is C14H26N2O. The van der Waals surface area contributed by atoms with Crippen LogP contribution in [-0.4, -0.2) is 49.3 Å². The molecule has 98 valence electrons. The lowest BCUT2D eigenvalue weighted by molar-refractivity contribution is 0.0723. The third-order valence-corrected chi connectivity index (χ3v) is 5.17. The molecule has 3 nitrogen and oxygen atoms in total. The van der Waals surface area contributed by atoms with Crippen molar-refractivity contribution in [3.05, 3.63) is 0 Å². The zero-order valence-corrected chi connectivity index (χ0v) is 11.1. The van der Waals surface area contributed by atoms with Crippen LogP contribution in [0.5, 0.6) is 0 Å². The number of ether oxygens (including phenoxy) is 1. The minimum absolute atomic E-state index is 0.476. The van der Waals surface area contributed by atoms with Crippen molar-refractivity contribution in [3.8, 4) is 0 Å². The number of nitrogens with one attached hydrogen (secondary N) is 1. The predicted molar refractivity (Wildman–Crippen MR) is 69.2 cm³/mol. The molecule has 1 spiro atoms. The quantitative estimate of drug-likeness (QED) is 0.793. The maximum Gasteiger partial charge on any atom is 0.0586 e. The fraction of sp³-hybridized carbons (Fsp3) is 1.00. The molecular weight excluding hydrogens is 212 g/mol. The van der Waals surface area contributed by atoms with Gasteiger partial charge < -0.3 is 10.1 Å². The molecule has 3 heteroatoms. The first kappa shape index (κ1) is 11.9. The number of piperazine rings is 1. The lowest BCUT2D eigenvalue weighted by Gasteiger charge is -2.44. The van der Waals surface area contributed by atoms with E-state index in [9.17, 15) is 0 Å². The first-order chi connectivity index (χ1) is 8.31. The van der Waals surface area contributed by atoms with Crippen LogP contribution in [0.1, 0.15) is 44.9 Å². The summed E-state index contributed by atoms with van der Waals surface area (Å²) in [6.45, 7) is 3.71. The van der Waals surface area contributed by atoms with Crippen molar-refractivity contribution in [3.63, 3.8) is 0 Å². The Hall–Kier alpha value is -0.120. The summed E-state index contributed by atoms with van der Waals surface area (Å²) in [5.41, 5.74) is 0.476. The molecule has 1 N–H and O–H groups in total. The van der Waals surface area contributed by atoms with E-state index in [-0.39, 0.29) is 0 Å². The fourth-order valence-electron chi connectivity index (χ4n) is 4.15. The Balaban J connectivity index is 1.60. The van der Waals surface area contributed by atoms with Gasteiger partial charge in [0.15, 0.2) is 0 Å². The summed E-state index contributed by atoms with van der Waals surface area (Å²) in [5, 5.41) is 3.80. The van der Waals surface area contributed by atoms with Crippen molar-refractivity contribution in [2.24, 2.45) is 0 Å². The molecule has 0 bridgehead atoms. The summed E-state index contributed by atoms with van der Waals surface area (Å²) < 4.78 is 5.51. The highest BCUT2D eigenvalue weighted by Crippen LogP contribution is 2.35. The highest BCUT2D eigenvalue weighted by molar-refractivity contribution is 5.00. The van der Waals surface area contributed by atoms with Crippen LogP contribution in [0.4, 0.5) is 0 Å². The monoisotopic (exact) mass is 238 g/mol. The molecule has 3 rings (SSSR count). The van der Waals surface area contributed by atoms with Crippen LogP contribution in [-0.2, 0) is 4.74 Å². The number of hydrogen-bond acceptors (Lipinski definition) is 3. The lowest BCUT2D eigenvalue weighted by atomic mass is 9.93. The summed E-state index contributed by atoms with van der Waals surface area (Å²) >= 11 is 0. The van der Waals surface area contributed by atoms with Gasteiger partial charge in [-0.3, -0.25) is 4.90 Å². The first-order valence-corrected chi connectivity index (χ1v) is 7.33. The summed E-state index contributed by atoms with van der Waals surface area (Å²) in [6, 6.07) is 0.791. The molecule has 1 heterocycles. The topological polar surface area (TPSA) is 24.5 Å². The van der Waals surface area contributed by atoms with E-state index in [4.69, 9.17) is 4.74 Å². The Kier molecular flexibility index (Phi) is 3.42. The van der Waals surface area contributed by atoms with Crippen molar-refractivity contribution < 1.29 is 4.74 Å². The average molecular weight is 238 g/mol. The molecule has 0 aromatic rings. The summed E-state index contributed by atoms with van der Waals surface area (Å²) in [4.78, 5) is 2.75. The van der Waals surface area contributed by atoms with Crippen LogP contribution < -0.4 is 5.32 Å². The molecule has 0 radical (unpaired) electrons. The van der Waals surface area contributed by atoms with Gasteiger partial charge in [-0.1, -0.05) is 12.8 Å². The molecule has 3 fully saturated rings. The SMILES string of the molecule is COC1CCC(N2CCNC3(CCCC3)C2)C1. The summed E-state index contributed by atoms with van der Waals surface area (Å²) in [5.74, 6) is 0. The van der Waals surface area contributed by atoms with Crippen molar-refractivity contribution in [1.82, 2.24) is 10.2 Å². The van der Waals surface area contributed by atoms with E-state index in [1.54, 1.807) is 0 Å². The fourth-order valence-corrected chi connectivity index (χ4v) is 4.15. The molecule has 2 unspecified atom stereocenters. The minimum Gasteiger partial charge on any atom is -0.381 e. The molecule has 0 amide bonds. The second kappa shape index (κ2) is 4.87. The molecule has 17 heavy (non-hydrogen) atoms. The maximum absolute atomic E-state index is 5.51. The van der Waals surface area contributed by atoms with Crippen LogP contribution in [0, 0.1) is 0 Å². The predicted octanol–water partition coefficient (Wildman–Crippen LogP) is 1.77. The van der Waals surface area contributed by atoms with Gasteiger partial charge in [-0.2, -0.15) is 0 Å². The van der Waals surface area contributed by atoms with E-state index >= 15 is 0 Å². The normalized spacial score (nSPS) is 37.9. The summed E-state index contributed by atoms with van der Waals surface area (Å²) in [7, 11) is 1.86. The molecule has 0 aromatic heterocycles. The Morgan fingerprint density at radius 1 is 1.24 bits per heavy atom. The zero-order chi connectivity index (χ0) is 11.7. The number of hydrogen-bond donors (Lipinski definition) is 1. The van der Waals surface area contributed by atoms with Crippen molar-refractivity contribution in [2.45, 2.75) is 62.6 Å². The number of rotatable bonds is 2. The zero-order valence-electron chi connectivity index (χ0n) is 11.1. The summed E-state index contributed by atoms with van der Waals surface area (Å²) in [6.07, 6.45) is 10.0. The van der Waals surface area contributed by atoms with Gasteiger partial charge >= 0.3 is 0 Å². The second-order valence-electron chi connectivity index (χ2n) is 6.21. The molecule has 1 aliphatic heterocycles. The van der Waals surface area contributed by atoms with E-state index in [1.807, 2.05) is 7.11 Å². The highest BCUT2D eigenvalue weighted by atomic mass is 16.5. The number of methoxy groups -OCH3 is 1. The van der Waals surface area contributed by atoms with Crippen LogP contribution >= 0.6 is 0 Å². The van der Waals surface area contributed by atoms with Gasteiger partial charge in [0.2, 0.25) is 0 Å². The van der Waals surface area contributed by atoms with Crippen molar-refractivity contribution >= 4 is 0 Å². The first-order valence-electron chi connectivity index (χ1n) is 7.33. The third kappa shape index (κ3) is 2.38. The Bertz CT molecular complexity index is 263. The van der Waals surface area contributed by atoms with Gasteiger partial charge in [0.25, 0.3) is 0 Å². The van der Waals surface area contributed by atoms with E-state index in [2.05, 4.69) is 10.2 Å². The standard InChI is InChI=1S/C14H26N2O/c1-17-13-5-4-12(10-13)16-9-8-15-14(11-16)6-2-3-7-14/h12-13,15H,2-11H2,1H3. The van der Waals surface area contributed by atoms with E-state index < -0.39 is 0 Å². The van der Waals surface area contributed by atoms with Gasteiger partial charge in [0.05, 0.1) is 6.10 Å².